The number of hydrogen-bond acceptors (Lipinski definition) is 5. The smallest absolute Gasteiger partial charge is 0.358 e. The first kappa shape index (κ1) is 8.05. The first-order chi connectivity index (χ1) is 4.16. The summed E-state index contributed by atoms with van der Waals surface area (Å²) in [6, 6.07) is -0.978. The van der Waals surface area contributed by atoms with Crippen molar-refractivity contribution < 1.29 is 13.8 Å². The van der Waals surface area contributed by atoms with Gasteiger partial charge in [0.1, 0.15) is 12.2 Å². The number of nitrogens with two attached hydrogens (primary N) is 2. The average molecular weight is 151 g/mol. The summed E-state index contributed by atoms with van der Waals surface area (Å²) < 4.78 is 4.00. The topological polar surface area (TPSA) is 107 Å². The van der Waals surface area contributed by atoms with Crippen molar-refractivity contribution in [3.8, 4) is 0 Å². The van der Waals surface area contributed by atoms with Gasteiger partial charge >= 0.3 is 12.1 Å². The largest absolute Gasteiger partial charge is 0.428 e. The highest BCUT2D eigenvalue weighted by Crippen LogP contribution is 1.87. The molecule has 0 aliphatic rings. The van der Waals surface area contributed by atoms with E-state index in [1.54, 1.807) is 5.32 Å². The van der Waals surface area contributed by atoms with Crippen LogP contribution in [0.2, 0.25) is 0 Å². The summed E-state index contributed by atoms with van der Waals surface area (Å²) in [7, 11) is 0. The number of primary amides is 1. The van der Waals surface area contributed by atoms with Gasteiger partial charge in [0.25, 0.3) is 0 Å². The zero-order valence-corrected chi connectivity index (χ0v) is 5.10. The van der Waals surface area contributed by atoms with Gasteiger partial charge in [-0.05, 0) is 0 Å². The molecule has 0 aromatic heterocycles. The van der Waals surface area contributed by atoms with E-state index in [4.69, 9.17) is 0 Å². The maximum absolute atomic E-state index is 10.1. The lowest BCUT2D eigenvalue weighted by molar-refractivity contribution is 0.206. The lowest BCUT2D eigenvalue weighted by atomic mass is 11.0. The number of nitrogens with one attached hydrogen (secondary N) is 1. The number of carbonyl (C=O) groups is 2. The van der Waals surface area contributed by atoms with Gasteiger partial charge in [0.15, 0.2) is 0 Å². The zero-order valence-electron chi connectivity index (χ0n) is 4.29. The highest BCUT2D eigenvalue weighted by molar-refractivity contribution is 7.92. The van der Waals surface area contributed by atoms with Crippen molar-refractivity contribution in [2.75, 3.05) is 0 Å². The predicted molar refractivity (Wildman–Crippen MR) is 31.0 cm³/mol. The standard InChI is InChI=1S/C2H5N3O3S/c3-1(6)5-2(7)8-9-4/h4H2,(H3,3,5,6,7). The third kappa shape index (κ3) is 4.91. The maximum Gasteiger partial charge on any atom is 0.428 e. The molecule has 9 heavy (non-hydrogen) atoms. The van der Waals surface area contributed by atoms with Gasteiger partial charge in [0, 0.05) is 0 Å². The van der Waals surface area contributed by atoms with E-state index in [1.807, 2.05) is 0 Å². The summed E-state index contributed by atoms with van der Waals surface area (Å²) in [4.78, 5) is 20.0. The van der Waals surface area contributed by atoms with Gasteiger partial charge in [-0.25, -0.2) is 20.0 Å². The van der Waals surface area contributed by atoms with Gasteiger partial charge in [-0.1, -0.05) is 0 Å². The van der Waals surface area contributed by atoms with Crippen LogP contribution >= 0.6 is 12.2 Å². The van der Waals surface area contributed by atoms with Crippen LogP contribution in [0.3, 0.4) is 0 Å². The number of rotatable bonds is 1. The van der Waals surface area contributed by atoms with Gasteiger partial charge in [0.05, 0.1) is 0 Å². The predicted octanol–water partition coefficient (Wildman–Crippen LogP) is -0.687. The van der Waals surface area contributed by atoms with Crippen LogP contribution in [0.5, 0.6) is 0 Å². The van der Waals surface area contributed by atoms with Crippen molar-refractivity contribution in [3.63, 3.8) is 0 Å². The molecule has 0 aromatic rings. The monoisotopic (exact) mass is 151 g/mol. The van der Waals surface area contributed by atoms with Crippen LogP contribution in [0.25, 0.3) is 0 Å². The molecule has 0 saturated heterocycles. The fraction of sp³-hybridized carbons (Fsp3) is 0. The van der Waals surface area contributed by atoms with E-state index < -0.39 is 12.1 Å². The average Bonchev–Trinajstić information content (AvgIpc) is 1.63. The number of hydrogen-bond donors (Lipinski definition) is 3. The second-order valence-corrected chi connectivity index (χ2v) is 1.32. The van der Waals surface area contributed by atoms with Gasteiger partial charge in [-0.3, -0.25) is 0 Å². The first-order valence-electron chi connectivity index (χ1n) is 1.80. The molecule has 3 amide bonds. The number of carbonyl (C=O) groups excluding carboxylic acids is 2. The second-order valence-electron chi connectivity index (χ2n) is 0.956. The molecule has 0 aliphatic carbocycles. The lowest BCUT2D eigenvalue weighted by Gasteiger charge is -1.95. The highest BCUT2D eigenvalue weighted by Gasteiger charge is 2.02. The Hall–Kier alpha value is -0.950. The molecule has 0 aliphatic heterocycles. The van der Waals surface area contributed by atoms with Crippen molar-refractivity contribution in [1.29, 1.82) is 0 Å². The molecule has 0 fully saturated rings. The van der Waals surface area contributed by atoms with E-state index in [0.717, 1.165) is 0 Å². The summed E-state index contributed by atoms with van der Waals surface area (Å²) in [5.74, 6) is 0. The van der Waals surface area contributed by atoms with Crippen LogP contribution in [0.1, 0.15) is 0 Å². The van der Waals surface area contributed by atoms with E-state index in [9.17, 15) is 9.59 Å². The molecular formula is C2H5N3O3S. The fourth-order valence-corrected chi connectivity index (χ4v) is 0.294. The number of urea groups is 1. The van der Waals surface area contributed by atoms with Crippen molar-refractivity contribution in [2.45, 2.75) is 0 Å². The Balaban J connectivity index is 3.39. The molecule has 0 rings (SSSR count). The summed E-state index contributed by atoms with van der Waals surface area (Å²) in [5, 5.41) is 6.31. The van der Waals surface area contributed by atoms with E-state index >= 15 is 0 Å². The minimum atomic E-state index is -0.978. The lowest BCUT2D eigenvalue weighted by Crippen LogP contribution is -2.34. The molecule has 0 spiro atoms. The molecule has 0 saturated carbocycles. The Morgan fingerprint density at radius 3 is 2.44 bits per heavy atom. The molecule has 7 heteroatoms. The SMILES string of the molecule is NSOC(=O)NC(N)=O. The van der Waals surface area contributed by atoms with Crippen LogP contribution in [0.4, 0.5) is 9.59 Å². The molecule has 0 radical (unpaired) electrons. The Morgan fingerprint density at radius 1 is 1.56 bits per heavy atom. The van der Waals surface area contributed by atoms with Crippen LogP contribution in [0, 0.1) is 0 Å². The van der Waals surface area contributed by atoms with Crippen LogP contribution in [0.15, 0.2) is 0 Å². The maximum atomic E-state index is 10.1. The van der Waals surface area contributed by atoms with Crippen molar-refractivity contribution in [2.24, 2.45) is 10.9 Å². The van der Waals surface area contributed by atoms with E-state index in [1.165, 1.54) is 0 Å². The Morgan fingerprint density at radius 2 is 2.11 bits per heavy atom. The van der Waals surface area contributed by atoms with Crippen LogP contribution in [-0.2, 0) is 4.18 Å². The van der Waals surface area contributed by atoms with Gasteiger partial charge in [-0.15, -0.1) is 0 Å². The minimum absolute atomic E-state index is 0.332. The Labute approximate surface area is 55.2 Å². The summed E-state index contributed by atoms with van der Waals surface area (Å²) in [5.41, 5.74) is 4.52. The molecule has 0 unspecified atom stereocenters. The van der Waals surface area contributed by atoms with Crippen molar-refractivity contribution >= 4 is 24.4 Å². The molecule has 6 nitrogen and oxygen atoms in total. The van der Waals surface area contributed by atoms with Crippen molar-refractivity contribution in [3.05, 3.63) is 0 Å². The van der Waals surface area contributed by atoms with E-state index in [-0.39, 0.29) is 0 Å². The van der Waals surface area contributed by atoms with Crippen molar-refractivity contribution in [1.82, 2.24) is 5.32 Å². The number of amides is 3. The van der Waals surface area contributed by atoms with Gasteiger partial charge < -0.3 is 9.92 Å². The fourth-order valence-electron chi connectivity index (χ4n) is 0.165. The summed E-state index contributed by atoms with van der Waals surface area (Å²) in [6.07, 6.45) is -0.977. The highest BCUT2D eigenvalue weighted by atomic mass is 32.2. The molecule has 52 valence electrons. The van der Waals surface area contributed by atoms with E-state index in [2.05, 4.69) is 15.1 Å². The van der Waals surface area contributed by atoms with Crippen LogP contribution < -0.4 is 16.2 Å². The van der Waals surface area contributed by atoms with Gasteiger partial charge in [-0.2, -0.15) is 0 Å². The summed E-state index contributed by atoms with van der Waals surface area (Å²) in [6.45, 7) is 0. The molecule has 0 bridgehead atoms. The molecule has 5 N–H and O–H groups in total. The third-order valence-electron chi connectivity index (χ3n) is 0.349. The summed E-state index contributed by atoms with van der Waals surface area (Å²) >= 11 is 0.332. The molecular weight excluding hydrogens is 146 g/mol. The number of imide groups is 1. The normalized spacial score (nSPS) is 8.11. The Bertz CT molecular complexity index is 126. The molecule has 0 aromatic carbocycles. The second kappa shape index (κ2) is 3.98. The third-order valence-corrected chi connectivity index (χ3v) is 0.597. The van der Waals surface area contributed by atoms with Crippen LogP contribution in [-0.4, -0.2) is 12.1 Å². The quantitative estimate of drug-likeness (QED) is 0.339. The van der Waals surface area contributed by atoms with Gasteiger partial charge in [0.2, 0.25) is 0 Å². The Kier molecular flexibility index (Phi) is 3.56. The molecule has 0 atom stereocenters. The zero-order chi connectivity index (χ0) is 7.28. The molecule has 0 heterocycles. The van der Waals surface area contributed by atoms with E-state index in [0.29, 0.717) is 12.2 Å². The minimum Gasteiger partial charge on any atom is -0.358 e. The first-order valence-corrected chi connectivity index (χ1v) is 2.61.